The van der Waals surface area contributed by atoms with Crippen LogP contribution in [-0.2, 0) is 9.53 Å². The second kappa shape index (κ2) is 6.89. The highest BCUT2D eigenvalue weighted by Gasteiger charge is 2.04. The number of rotatable bonds is 5. The molecule has 1 aromatic rings. The van der Waals surface area contributed by atoms with Crippen LogP contribution in [0.2, 0.25) is 0 Å². The lowest BCUT2D eigenvalue weighted by Crippen LogP contribution is -2.39. The van der Waals surface area contributed by atoms with E-state index in [2.05, 4.69) is 20.6 Å². The minimum absolute atomic E-state index is 0.0177. The van der Waals surface area contributed by atoms with E-state index < -0.39 is 11.9 Å². The first-order valence-electron chi connectivity index (χ1n) is 5.23. The van der Waals surface area contributed by atoms with Crippen molar-refractivity contribution >= 4 is 11.9 Å². The molecule has 0 aliphatic rings. The summed E-state index contributed by atoms with van der Waals surface area (Å²) in [5.41, 5.74) is 10.6. The van der Waals surface area contributed by atoms with Gasteiger partial charge in [-0.05, 0) is 19.1 Å². The minimum atomic E-state index is -0.583. The van der Waals surface area contributed by atoms with Gasteiger partial charge in [0, 0.05) is 18.0 Å². The molecule has 7 nitrogen and oxygen atoms in total. The molecular formula is C11H14N4O3. The molecule has 0 saturated heterocycles. The molecule has 7 heteroatoms. The van der Waals surface area contributed by atoms with Crippen molar-refractivity contribution in [1.82, 2.24) is 15.8 Å². The lowest BCUT2D eigenvalue weighted by molar-refractivity contribution is -0.137. The van der Waals surface area contributed by atoms with E-state index in [0.717, 1.165) is 6.08 Å². The maximum absolute atomic E-state index is 11.6. The number of hydrazine groups is 1. The molecule has 0 atom stereocenters. The Bertz CT molecular complexity index is 445. The first-order chi connectivity index (χ1) is 8.63. The normalized spacial score (nSPS) is 10.6. The number of amides is 1. The number of nitrogens with two attached hydrogens (primary N) is 1. The largest absolute Gasteiger partial charge is 0.463 e. The van der Waals surface area contributed by atoms with Gasteiger partial charge in [-0.3, -0.25) is 20.6 Å². The maximum atomic E-state index is 11.6. The van der Waals surface area contributed by atoms with E-state index >= 15 is 0 Å². The molecular weight excluding hydrogens is 236 g/mol. The third-order valence-electron chi connectivity index (χ3n) is 1.82. The highest BCUT2D eigenvalue weighted by atomic mass is 16.5. The Kier molecular flexibility index (Phi) is 5.17. The number of carbonyl (C=O) groups excluding carboxylic acids is 2. The highest BCUT2D eigenvalue weighted by Crippen LogP contribution is 1.94. The quantitative estimate of drug-likeness (QED) is 0.375. The number of nitrogens with zero attached hydrogens (tertiary/aromatic N) is 1. The van der Waals surface area contributed by atoms with Crippen LogP contribution >= 0.6 is 0 Å². The predicted octanol–water partition coefficient (Wildman–Crippen LogP) is -0.321. The van der Waals surface area contributed by atoms with Crippen LogP contribution in [0.5, 0.6) is 0 Å². The summed E-state index contributed by atoms with van der Waals surface area (Å²) in [6, 6.07) is 3.09. The smallest absolute Gasteiger partial charge is 0.334 e. The van der Waals surface area contributed by atoms with Gasteiger partial charge in [0.2, 0.25) is 0 Å². The fourth-order valence-corrected chi connectivity index (χ4v) is 1.05. The van der Waals surface area contributed by atoms with E-state index in [0.29, 0.717) is 5.56 Å². The molecule has 0 saturated carbocycles. The third-order valence-corrected chi connectivity index (χ3v) is 1.82. The zero-order chi connectivity index (χ0) is 13.4. The molecule has 0 bridgehead atoms. The minimum Gasteiger partial charge on any atom is -0.463 e. The summed E-state index contributed by atoms with van der Waals surface area (Å²) in [5.74, 6) is -0.992. The molecule has 1 aromatic heterocycles. The number of hydrogen-bond donors (Lipinski definition) is 3. The van der Waals surface area contributed by atoms with E-state index in [-0.39, 0.29) is 12.4 Å². The summed E-state index contributed by atoms with van der Waals surface area (Å²) in [6.45, 7) is 1.94. The average molecular weight is 250 g/mol. The van der Waals surface area contributed by atoms with E-state index in [1.165, 1.54) is 12.4 Å². The molecule has 0 radical (unpaired) electrons. The lowest BCUT2D eigenvalue weighted by atomic mass is 10.3. The summed E-state index contributed by atoms with van der Waals surface area (Å²) >= 11 is 0. The Morgan fingerprint density at radius 1 is 1.39 bits per heavy atom. The summed E-state index contributed by atoms with van der Waals surface area (Å²) in [5, 5.41) is 0. The monoisotopic (exact) mass is 250 g/mol. The summed E-state index contributed by atoms with van der Waals surface area (Å²) in [6.07, 6.45) is 4.02. The van der Waals surface area contributed by atoms with Gasteiger partial charge >= 0.3 is 5.97 Å². The number of nitrogens with one attached hydrogen (secondary N) is 2. The second-order valence-corrected chi connectivity index (χ2v) is 3.17. The number of hydrogen-bond acceptors (Lipinski definition) is 6. The fraction of sp³-hybridized carbons (Fsp3) is 0.182. The Labute approximate surface area is 104 Å². The molecule has 0 fully saturated rings. The van der Waals surface area contributed by atoms with Crippen molar-refractivity contribution in [2.75, 3.05) is 6.61 Å². The van der Waals surface area contributed by atoms with Crippen LogP contribution in [-0.4, -0.2) is 23.5 Å². The summed E-state index contributed by atoms with van der Waals surface area (Å²) in [7, 11) is 0. The maximum Gasteiger partial charge on any atom is 0.334 e. The van der Waals surface area contributed by atoms with Crippen molar-refractivity contribution in [3.63, 3.8) is 0 Å². The van der Waals surface area contributed by atoms with Crippen molar-refractivity contribution < 1.29 is 14.3 Å². The Balaban J connectivity index is 2.46. The van der Waals surface area contributed by atoms with E-state index in [1.54, 1.807) is 19.1 Å². The van der Waals surface area contributed by atoms with Crippen LogP contribution in [0.3, 0.4) is 0 Å². The fourth-order valence-electron chi connectivity index (χ4n) is 1.05. The van der Waals surface area contributed by atoms with Crippen molar-refractivity contribution in [3.05, 3.63) is 42.0 Å². The summed E-state index contributed by atoms with van der Waals surface area (Å²) in [4.78, 5) is 26.4. The standard InChI is InChI=1S/C11H14N4O3/c1-2-18-10(16)7-9(12)14-15-11(17)8-3-5-13-6-4-8/h3-7,14H,2,12H2,1H3,(H,15,17). The molecule has 1 heterocycles. The molecule has 1 amide bonds. The lowest BCUT2D eigenvalue weighted by Gasteiger charge is -2.08. The first-order valence-corrected chi connectivity index (χ1v) is 5.23. The number of ether oxygens (including phenoxy) is 1. The molecule has 96 valence electrons. The van der Waals surface area contributed by atoms with Gasteiger partial charge in [0.15, 0.2) is 0 Å². The van der Waals surface area contributed by atoms with E-state index in [9.17, 15) is 9.59 Å². The van der Waals surface area contributed by atoms with Crippen LogP contribution in [0.1, 0.15) is 17.3 Å². The van der Waals surface area contributed by atoms with Gasteiger partial charge in [-0.1, -0.05) is 0 Å². The van der Waals surface area contributed by atoms with Crippen LogP contribution in [0, 0.1) is 0 Å². The highest BCUT2D eigenvalue weighted by molar-refractivity contribution is 5.93. The van der Waals surface area contributed by atoms with E-state index in [4.69, 9.17) is 5.73 Å². The van der Waals surface area contributed by atoms with Gasteiger partial charge in [-0.15, -0.1) is 0 Å². The van der Waals surface area contributed by atoms with Crippen LogP contribution in [0.25, 0.3) is 0 Å². The molecule has 1 rings (SSSR count). The second-order valence-electron chi connectivity index (χ2n) is 3.17. The van der Waals surface area contributed by atoms with Gasteiger partial charge < -0.3 is 10.5 Å². The average Bonchev–Trinajstić information content (AvgIpc) is 2.37. The van der Waals surface area contributed by atoms with Crippen molar-refractivity contribution in [2.45, 2.75) is 6.92 Å². The van der Waals surface area contributed by atoms with Gasteiger partial charge in [0.05, 0.1) is 12.7 Å². The predicted molar refractivity (Wildman–Crippen MR) is 63.7 cm³/mol. The molecule has 0 aliphatic heterocycles. The molecule has 4 N–H and O–H groups in total. The molecule has 0 unspecified atom stereocenters. The van der Waals surface area contributed by atoms with Gasteiger partial charge in [-0.2, -0.15) is 0 Å². The van der Waals surface area contributed by atoms with Crippen LogP contribution < -0.4 is 16.6 Å². The molecule has 0 aliphatic carbocycles. The van der Waals surface area contributed by atoms with Gasteiger partial charge in [-0.25, -0.2) is 4.79 Å². The number of esters is 1. The Hall–Kier alpha value is -2.57. The zero-order valence-corrected chi connectivity index (χ0v) is 9.84. The topological polar surface area (TPSA) is 106 Å². The number of aromatic nitrogens is 1. The van der Waals surface area contributed by atoms with E-state index in [1.807, 2.05) is 0 Å². The number of carbonyl (C=O) groups is 2. The Morgan fingerprint density at radius 3 is 2.67 bits per heavy atom. The van der Waals surface area contributed by atoms with Gasteiger partial charge in [0.1, 0.15) is 5.82 Å². The number of pyridine rings is 1. The Morgan fingerprint density at radius 2 is 2.06 bits per heavy atom. The van der Waals surface area contributed by atoms with Crippen molar-refractivity contribution in [1.29, 1.82) is 0 Å². The summed E-state index contributed by atoms with van der Waals surface area (Å²) < 4.78 is 4.65. The van der Waals surface area contributed by atoms with Crippen molar-refractivity contribution in [2.24, 2.45) is 5.73 Å². The zero-order valence-electron chi connectivity index (χ0n) is 9.84. The SMILES string of the molecule is CCOC(=O)C=C(N)NNC(=O)c1ccncc1. The molecule has 0 aromatic carbocycles. The van der Waals surface area contributed by atoms with Crippen LogP contribution in [0.4, 0.5) is 0 Å². The first kappa shape index (κ1) is 13.5. The van der Waals surface area contributed by atoms with Crippen molar-refractivity contribution in [3.8, 4) is 0 Å². The molecule has 0 spiro atoms. The van der Waals surface area contributed by atoms with Crippen LogP contribution in [0.15, 0.2) is 36.4 Å². The molecule has 18 heavy (non-hydrogen) atoms. The van der Waals surface area contributed by atoms with Gasteiger partial charge in [0.25, 0.3) is 5.91 Å². The third kappa shape index (κ3) is 4.52.